The number of hydrogen-bond acceptors (Lipinski definition) is 4. The van der Waals surface area contributed by atoms with E-state index in [1.165, 1.54) is 28.6 Å². The molecule has 1 aromatic heterocycles. The summed E-state index contributed by atoms with van der Waals surface area (Å²) >= 11 is 1.36. The first-order valence-electron chi connectivity index (χ1n) is 10.6. The minimum absolute atomic E-state index is 0.128. The van der Waals surface area contributed by atoms with Gasteiger partial charge in [-0.05, 0) is 92.1 Å². The van der Waals surface area contributed by atoms with Crippen molar-refractivity contribution in [2.75, 3.05) is 7.11 Å². The van der Waals surface area contributed by atoms with E-state index in [-0.39, 0.29) is 5.91 Å². The van der Waals surface area contributed by atoms with Crippen molar-refractivity contribution in [1.29, 1.82) is 0 Å². The minimum atomic E-state index is -0.128. The molecule has 1 aliphatic rings. The molecule has 5 nitrogen and oxygen atoms in total. The van der Waals surface area contributed by atoms with Crippen LogP contribution in [0.2, 0.25) is 0 Å². The van der Waals surface area contributed by atoms with E-state index < -0.39 is 0 Å². The smallest absolute Gasteiger partial charge is 0.264 e. The number of nitrogens with zero attached hydrogens (tertiary/aromatic N) is 2. The molecular weight excluding hydrogens is 418 g/mol. The first-order valence-corrected chi connectivity index (χ1v) is 11.4. The first-order chi connectivity index (χ1) is 15.4. The molecule has 0 aliphatic carbocycles. The number of aliphatic imine (C=N–C) groups is 1. The Hall–Kier alpha value is -3.25. The number of hydrogen-bond donors (Lipinski definition) is 1. The van der Waals surface area contributed by atoms with Gasteiger partial charge in [0.1, 0.15) is 5.75 Å². The molecule has 3 aromatic rings. The second-order valence-corrected chi connectivity index (χ2v) is 8.81. The predicted molar refractivity (Wildman–Crippen MR) is 133 cm³/mol. The van der Waals surface area contributed by atoms with Gasteiger partial charge in [-0.2, -0.15) is 0 Å². The molecule has 4 rings (SSSR count). The van der Waals surface area contributed by atoms with Crippen LogP contribution in [0.25, 0.3) is 11.8 Å². The highest BCUT2D eigenvalue weighted by Crippen LogP contribution is 2.32. The molecule has 32 heavy (non-hydrogen) atoms. The maximum Gasteiger partial charge on any atom is 0.264 e. The van der Waals surface area contributed by atoms with Crippen LogP contribution in [0.5, 0.6) is 5.75 Å². The van der Waals surface area contributed by atoms with Crippen LogP contribution in [-0.4, -0.2) is 22.8 Å². The topological polar surface area (TPSA) is 55.6 Å². The van der Waals surface area contributed by atoms with Gasteiger partial charge in [0, 0.05) is 11.4 Å². The van der Waals surface area contributed by atoms with Gasteiger partial charge < -0.3 is 14.6 Å². The van der Waals surface area contributed by atoms with Gasteiger partial charge in [0.25, 0.3) is 5.91 Å². The SMILES string of the molecule is CCc1cccc(C)c1-n1c(C)cc(/C=C2\SC(=Nc3ccc(OC)cc3)NC2=O)c1C. The summed E-state index contributed by atoms with van der Waals surface area (Å²) in [6, 6.07) is 16.0. The van der Waals surface area contributed by atoms with E-state index in [0.29, 0.717) is 10.1 Å². The molecule has 0 radical (unpaired) electrons. The number of carbonyl (C=O) groups is 1. The highest BCUT2D eigenvalue weighted by atomic mass is 32.2. The molecule has 1 amide bonds. The third-order valence-electron chi connectivity index (χ3n) is 5.64. The summed E-state index contributed by atoms with van der Waals surface area (Å²) in [6.45, 7) is 8.54. The van der Waals surface area contributed by atoms with Crippen LogP contribution in [-0.2, 0) is 11.2 Å². The normalized spacial score (nSPS) is 16.1. The largest absolute Gasteiger partial charge is 0.497 e. The molecule has 1 N–H and O–H groups in total. The number of thioether (sulfide) groups is 1. The summed E-state index contributed by atoms with van der Waals surface area (Å²) in [5.41, 5.74) is 7.86. The van der Waals surface area contributed by atoms with Gasteiger partial charge in [-0.3, -0.25) is 4.79 Å². The second kappa shape index (κ2) is 9.09. The van der Waals surface area contributed by atoms with E-state index in [4.69, 9.17) is 4.74 Å². The maximum atomic E-state index is 12.6. The highest BCUT2D eigenvalue weighted by Gasteiger charge is 2.25. The number of nitrogens with one attached hydrogen (secondary N) is 1. The molecule has 0 spiro atoms. The van der Waals surface area contributed by atoms with Crippen molar-refractivity contribution in [2.45, 2.75) is 34.1 Å². The number of rotatable bonds is 5. The Bertz CT molecular complexity index is 1240. The Kier molecular flexibility index (Phi) is 6.24. The average Bonchev–Trinajstić information content (AvgIpc) is 3.26. The van der Waals surface area contributed by atoms with Crippen LogP contribution in [0.4, 0.5) is 5.69 Å². The Morgan fingerprint density at radius 1 is 1.12 bits per heavy atom. The molecule has 2 aromatic carbocycles. The standard InChI is InChI=1S/C26H27N3O2S/c1-6-19-9-7-8-16(2)24(19)29-17(3)14-20(18(29)4)15-23-25(30)28-26(32-23)27-21-10-12-22(31-5)13-11-21/h7-15H,6H2,1-5H3,(H,27,28,30)/b23-15-. The van der Waals surface area contributed by atoms with Crippen LogP contribution < -0.4 is 10.1 Å². The van der Waals surface area contributed by atoms with E-state index in [9.17, 15) is 4.79 Å². The number of para-hydroxylation sites is 1. The number of amides is 1. The highest BCUT2D eigenvalue weighted by molar-refractivity contribution is 8.18. The molecule has 1 fully saturated rings. The fourth-order valence-electron chi connectivity index (χ4n) is 4.00. The van der Waals surface area contributed by atoms with Crippen molar-refractivity contribution < 1.29 is 9.53 Å². The molecular formula is C26H27N3O2S. The molecule has 0 saturated carbocycles. The molecule has 0 atom stereocenters. The molecule has 2 heterocycles. The summed E-state index contributed by atoms with van der Waals surface area (Å²) in [5, 5.41) is 3.45. The lowest BCUT2D eigenvalue weighted by atomic mass is 10.1. The van der Waals surface area contributed by atoms with Crippen LogP contribution in [0.15, 0.2) is 58.4 Å². The van der Waals surface area contributed by atoms with E-state index in [1.807, 2.05) is 30.3 Å². The van der Waals surface area contributed by atoms with Crippen molar-refractivity contribution >= 4 is 34.6 Å². The van der Waals surface area contributed by atoms with Gasteiger partial charge in [0.05, 0.1) is 23.4 Å². The van der Waals surface area contributed by atoms with Gasteiger partial charge >= 0.3 is 0 Å². The van der Waals surface area contributed by atoms with Crippen LogP contribution in [0.3, 0.4) is 0 Å². The van der Waals surface area contributed by atoms with E-state index in [1.54, 1.807) is 7.11 Å². The Morgan fingerprint density at radius 2 is 1.88 bits per heavy atom. The zero-order valence-electron chi connectivity index (χ0n) is 19.0. The zero-order valence-corrected chi connectivity index (χ0v) is 19.8. The number of ether oxygens (including phenoxy) is 1. The summed E-state index contributed by atoms with van der Waals surface area (Å²) in [6.07, 6.45) is 2.92. The maximum absolute atomic E-state index is 12.6. The fraction of sp³-hybridized carbons (Fsp3) is 0.231. The monoisotopic (exact) mass is 445 g/mol. The minimum Gasteiger partial charge on any atom is -0.497 e. The summed E-state index contributed by atoms with van der Waals surface area (Å²) in [7, 11) is 1.63. The predicted octanol–water partition coefficient (Wildman–Crippen LogP) is 5.87. The lowest BCUT2D eigenvalue weighted by Crippen LogP contribution is -2.19. The van der Waals surface area contributed by atoms with Gasteiger partial charge in [0.2, 0.25) is 0 Å². The van der Waals surface area contributed by atoms with Crippen LogP contribution in [0.1, 0.15) is 35.0 Å². The summed E-state index contributed by atoms with van der Waals surface area (Å²) in [4.78, 5) is 17.8. The van der Waals surface area contributed by atoms with Gasteiger partial charge in [-0.15, -0.1) is 0 Å². The number of aromatic nitrogens is 1. The number of benzene rings is 2. The zero-order chi connectivity index (χ0) is 22.8. The van der Waals surface area contributed by atoms with Gasteiger partial charge in [-0.1, -0.05) is 25.1 Å². The fourth-order valence-corrected chi connectivity index (χ4v) is 4.83. The van der Waals surface area contributed by atoms with Crippen molar-refractivity contribution in [3.05, 3.63) is 81.5 Å². The lowest BCUT2D eigenvalue weighted by molar-refractivity contribution is -0.115. The number of aryl methyl sites for hydroxylation is 3. The van der Waals surface area contributed by atoms with Crippen molar-refractivity contribution in [2.24, 2.45) is 4.99 Å². The Morgan fingerprint density at radius 3 is 2.56 bits per heavy atom. The van der Waals surface area contributed by atoms with Crippen LogP contribution >= 0.6 is 11.8 Å². The second-order valence-electron chi connectivity index (χ2n) is 7.78. The van der Waals surface area contributed by atoms with Gasteiger partial charge in [0.15, 0.2) is 5.17 Å². The molecule has 6 heteroatoms. The number of methoxy groups -OCH3 is 1. The summed E-state index contributed by atoms with van der Waals surface area (Å²) in [5.74, 6) is 0.644. The summed E-state index contributed by atoms with van der Waals surface area (Å²) < 4.78 is 7.48. The first kappa shape index (κ1) is 22.0. The average molecular weight is 446 g/mol. The lowest BCUT2D eigenvalue weighted by Gasteiger charge is -2.17. The van der Waals surface area contributed by atoms with E-state index in [2.05, 4.69) is 66.8 Å². The van der Waals surface area contributed by atoms with E-state index >= 15 is 0 Å². The van der Waals surface area contributed by atoms with Gasteiger partial charge in [-0.25, -0.2) is 4.99 Å². The van der Waals surface area contributed by atoms with Crippen molar-refractivity contribution in [3.63, 3.8) is 0 Å². The van der Waals surface area contributed by atoms with Crippen molar-refractivity contribution in [3.8, 4) is 11.4 Å². The van der Waals surface area contributed by atoms with Crippen LogP contribution in [0, 0.1) is 20.8 Å². The molecule has 164 valence electrons. The quantitative estimate of drug-likeness (QED) is 0.500. The third kappa shape index (κ3) is 4.23. The Balaban J connectivity index is 1.66. The molecule has 0 bridgehead atoms. The number of carbonyl (C=O) groups excluding carboxylic acids is 1. The molecule has 1 saturated heterocycles. The Labute approximate surface area is 193 Å². The third-order valence-corrected chi connectivity index (χ3v) is 6.55. The molecule has 1 aliphatic heterocycles. The van der Waals surface area contributed by atoms with Crippen molar-refractivity contribution in [1.82, 2.24) is 9.88 Å². The molecule has 0 unspecified atom stereocenters. The van der Waals surface area contributed by atoms with E-state index in [0.717, 1.165) is 34.8 Å². The number of amidine groups is 1.